The molecule has 1 aromatic rings. The van der Waals surface area contributed by atoms with Crippen molar-refractivity contribution in [2.75, 3.05) is 39.3 Å². The van der Waals surface area contributed by atoms with E-state index in [2.05, 4.69) is 25.3 Å². The number of hydrogen-bond donors (Lipinski definition) is 2. The molecule has 0 amide bonds. The number of β-amino-alcohol motifs (C(OH)–C–C–N with tert-alkyl or cyclic N) is 1. The summed E-state index contributed by atoms with van der Waals surface area (Å²) in [5.41, 5.74) is 0.839. The van der Waals surface area contributed by atoms with Crippen molar-refractivity contribution in [1.82, 2.24) is 15.2 Å². The monoisotopic (exact) mass is 506 g/mol. The van der Waals surface area contributed by atoms with Gasteiger partial charge in [-0.3, -0.25) is 0 Å². The summed E-state index contributed by atoms with van der Waals surface area (Å²) in [6, 6.07) is 6.04. The van der Waals surface area contributed by atoms with E-state index in [1.54, 1.807) is 0 Å². The molecule has 1 atom stereocenters. The van der Waals surface area contributed by atoms with Crippen molar-refractivity contribution in [2.24, 2.45) is 0 Å². The number of pyridine rings is 1. The summed E-state index contributed by atoms with van der Waals surface area (Å²) in [5, 5.41) is 14.5. The van der Waals surface area contributed by atoms with Gasteiger partial charge in [0.25, 0.3) is 0 Å². The molecule has 0 bridgehead atoms. The topological polar surface area (TPSA) is 57.6 Å². The molecule has 0 aromatic carbocycles. The fourth-order valence-electron chi connectivity index (χ4n) is 3.89. The van der Waals surface area contributed by atoms with E-state index in [1.807, 2.05) is 18.3 Å². The fraction of sp³-hybridized carbons (Fsp3) is 0.650. The van der Waals surface area contributed by atoms with Crippen LogP contribution < -0.4 is 26.9 Å². The average Bonchev–Trinajstić information content (AvgIpc) is 2.73. The van der Waals surface area contributed by atoms with Gasteiger partial charge in [0.1, 0.15) is 0 Å². The number of halogens is 2. The molecular formula is C20H30ClIN3O2-. The number of rotatable bonds is 8. The van der Waals surface area contributed by atoms with E-state index in [-0.39, 0.29) is 5.41 Å². The summed E-state index contributed by atoms with van der Waals surface area (Å²) in [5.74, 6) is 0. The molecule has 1 unspecified atom stereocenters. The van der Waals surface area contributed by atoms with Gasteiger partial charge in [-0.1, -0.05) is 0 Å². The molecule has 2 fully saturated rings. The number of aliphatic hydroxyl groups is 1. The van der Waals surface area contributed by atoms with Crippen LogP contribution in [0, 0.1) is 0 Å². The van der Waals surface area contributed by atoms with Gasteiger partial charge in [0.15, 0.2) is 0 Å². The van der Waals surface area contributed by atoms with E-state index in [9.17, 15) is 5.11 Å². The van der Waals surface area contributed by atoms with Crippen molar-refractivity contribution in [1.29, 1.82) is 0 Å². The summed E-state index contributed by atoms with van der Waals surface area (Å²) in [4.78, 5) is 6.93. The molecule has 0 aliphatic carbocycles. The third kappa shape index (κ3) is 6.11. The van der Waals surface area contributed by atoms with Crippen LogP contribution in [0.25, 0.3) is 0 Å². The van der Waals surface area contributed by atoms with E-state index in [0.29, 0.717) is 13.2 Å². The molecular weight excluding hydrogens is 477 g/mol. The normalized spacial score (nSPS) is 22.7. The van der Waals surface area contributed by atoms with Gasteiger partial charge < -0.3 is 0 Å². The zero-order valence-corrected chi connectivity index (χ0v) is 18.7. The van der Waals surface area contributed by atoms with Crippen LogP contribution in [0.2, 0.25) is 0 Å². The molecule has 2 N–H and O–H groups in total. The summed E-state index contributed by atoms with van der Waals surface area (Å²) >= 11 is 6.15. The number of hydrogen-bond acceptors (Lipinski definition) is 5. The third-order valence-electron chi connectivity index (χ3n) is 5.45. The molecule has 3 rings (SSSR count). The molecule has 27 heavy (non-hydrogen) atoms. The van der Waals surface area contributed by atoms with E-state index in [0.717, 1.165) is 49.7 Å². The van der Waals surface area contributed by atoms with Gasteiger partial charge in [0.2, 0.25) is 0 Å². The van der Waals surface area contributed by atoms with Gasteiger partial charge in [-0.25, -0.2) is 0 Å². The SMILES string of the molecule is OC(CO[I-]/C=C(/Cl)C1(c2ccccn2)CCNCC1)CN1CCCCC1. The number of aromatic nitrogens is 1. The van der Waals surface area contributed by atoms with Crippen LogP contribution in [-0.2, 0) is 8.48 Å². The first-order valence-electron chi connectivity index (χ1n) is 9.85. The van der Waals surface area contributed by atoms with Crippen LogP contribution in [0.3, 0.4) is 0 Å². The molecule has 2 aliphatic rings. The van der Waals surface area contributed by atoms with Crippen LogP contribution >= 0.6 is 11.6 Å². The molecule has 7 heteroatoms. The number of piperidine rings is 2. The minimum atomic E-state index is -0.646. The summed E-state index contributed by atoms with van der Waals surface area (Å²) in [7, 11) is 0. The zero-order chi connectivity index (χ0) is 19.0. The number of nitrogens with one attached hydrogen (secondary N) is 1. The Hall–Kier alpha value is -0.250. The van der Waals surface area contributed by atoms with Crippen LogP contribution in [-0.4, -0.2) is 60.4 Å². The maximum absolute atomic E-state index is 10.2. The Labute approximate surface area is 178 Å². The van der Waals surface area contributed by atoms with Gasteiger partial charge >= 0.3 is 179 Å². The Kier molecular flexibility index (Phi) is 8.80. The Morgan fingerprint density at radius 2 is 2.11 bits per heavy atom. The quantitative estimate of drug-likeness (QED) is 0.373. The number of allylic oxidation sites excluding steroid dienone is 1. The van der Waals surface area contributed by atoms with E-state index < -0.39 is 27.7 Å². The molecule has 1 aromatic heterocycles. The second kappa shape index (κ2) is 11.1. The van der Waals surface area contributed by atoms with Crippen molar-refractivity contribution < 1.29 is 29.8 Å². The number of likely N-dealkylation sites (tertiary alicyclic amines) is 1. The predicted octanol–water partition coefficient (Wildman–Crippen LogP) is -0.350. The van der Waals surface area contributed by atoms with Crippen LogP contribution in [0.15, 0.2) is 33.5 Å². The number of aliphatic hydroxyl groups excluding tert-OH is 1. The summed E-state index contributed by atoms with van der Waals surface area (Å²) in [6.45, 7) is 5.17. The second-order valence-electron chi connectivity index (χ2n) is 7.38. The van der Waals surface area contributed by atoms with Gasteiger partial charge in [-0.2, -0.15) is 0 Å². The standard InChI is InChI=1S/C20H30ClIN3O2/c21-18(14-22-27-16-17(26)15-25-12-4-1-5-13-25)20(7-10-23-11-8-20)19-6-2-3-9-24-19/h2-3,6,9,14,17,23,26H,1,4-5,7-8,10-13,15-16H2/q-1/b18-14+. The fourth-order valence-corrected chi connectivity index (χ4v) is 6.03. The first-order chi connectivity index (χ1) is 13.2. The maximum atomic E-state index is 10.2. The van der Waals surface area contributed by atoms with Crippen molar-refractivity contribution in [3.05, 3.63) is 39.2 Å². The summed E-state index contributed by atoms with van der Waals surface area (Å²) in [6.07, 6.45) is 7.10. The molecule has 2 aliphatic heterocycles. The predicted molar refractivity (Wildman–Crippen MR) is 104 cm³/mol. The first kappa shape index (κ1) is 21.5. The Bertz CT molecular complexity index is 590. The van der Waals surface area contributed by atoms with Crippen molar-refractivity contribution in [3.8, 4) is 0 Å². The van der Waals surface area contributed by atoms with E-state index in [4.69, 9.17) is 14.7 Å². The molecule has 0 spiro atoms. The molecule has 0 saturated carbocycles. The van der Waals surface area contributed by atoms with Crippen molar-refractivity contribution in [3.63, 3.8) is 0 Å². The molecule has 0 radical (unpaired) electrons. The zero-order valence-electron chi connectivity index (χ0n) is 15.7. The van der Waals surface area contributed by atoms with E-state index >= 15 is 0 Å². The van der Waals surface area contributed by atoms with Crippen LogP contribution in [0.5, 0.6) is 0 Å². The molecule has 3 heterocycles. The van der Waals surface area contributed by atoms with E-state index in [1.165, 1.54) is 19.3 Å². The Morgan fingerprint density at radius 1 is 1.33 bits per heavy atom. The van der Waals surface area contributed by atoms with Gasteiger partial charge in [-0.15, -0.1) is 0 Å². The van der Waals surface area contributed by atoms with Crippen molar-refractivity contribution >= 4 is 11.6 Å². The van der Waals surface area contributed by atoms with Gasteiger partial charge in [-0.05, 0) is 0 Å². The molecule has 5 nitrogen and oxygen atoms in total. The number of nitrogens with zero attached hydrogens (tertiary/aromatic N) is 2. The van der Waals surface area contributed by atoms with Gasteiger partial charge in [0.05, 0.1) is 0 Å². The molecule has 2 saturated heterocycles. The average molecular weight is 507 g/mol. The van der Waals surface area contributed by atoms with Crippen LogP contribution in [0.1, 0.15) is 37.8 Å². The molecule has 152 valence electrons. The first-order valence-corrected chi connectivity index (χ1v) is 12.4. The Morgan fingerprint density at radius 3 is 2.81 bits per heavy atom. The van der Waals surface area contributed by atoms with Crippen LogP contribution in [0.4, 0.5) is 0 Å². The van der Waals surface area contributed by atoms with Crippen molar-refractivity contribution in [2.45, 2.75) is 43.6 Å². The van der Waals surface area contributed by atoms with Gasteiger partial charge in [0, 0.05) is 0 Å². The Balaban J connectivity index is 1.52. The second-order valence-corrected chi connectivity index (χ2v) is 9.55. The third-order valence-corrected chi connectivity index (χ3v) is 7.88. The summed E-state index contributed by atoms with van der Waals surface area (Å²) < 4.78 is 7.88. The minimum absolute atomic E-state index is 0.205.